The summed E-state index contributed by atoms with van der Waals surface area (Å²) in [6.45, 7) is 5.20. The number of hydrogen-bond acceptors (Lipinski definition) is 4. The van der Waals surface area contributed by atoms with Crippen LogP contribution in [0.15, 0.2) is 0 Å². The maximum atomic E-state index is 4.42. The van der Waals surface area contributed by atoms with E-state index in [-0.39, 0.29) is 0 Å². The van der Waals surface area contributed by atoms with Gasteiger partial charge in [0.05, 0.1) is 0 Å². The van der Waals surface area contributed by atoms with Gasteiger partial charge in [0, 0.05) is 18.5 Å². The van der Waals surface area contributed by atoms with Crippen molar-refractivity contribution in [1.82, 2.24) is 15.5 Å². The van der Waals surface area contributed by atoms with Crippen LogP contribution in [-0.4, -0.2) is 16.2 Å². The lowest BCUT2D eigenvalue weighted by Gasteiger charge is -2.18. The minimum Gasteiger partial charge on any atom is -0.308 e. The SMILES string of the molecule is CC(C)NCc1nnc(C2CC3CCC2C3)s1. The van der Waals surface area contributed by atoms with E-state index in [1.54, 1.807) is 0 Å². The first-order valence-corrected chi connectivity index (χ1v) is 7.59. The van der Waals surface area contributed by atoms with Crippen LogP contribution >= 0.6 is 11.3 Å². The molecule has 2 bridgehead atoms. The smallest absolute Gasteiger partial charge is 0.131 e. The van der Waals surface area contributed by atoms with Crippen molar-refractivity contribution in [3.8, 4) is 0 Å². The highest BCUT2D eigenvalue weighted by Crippen LogP contribution is 2.53. The van der Waals surface area contributed by atoms with E-state index < -0.39 is 0 Å². The standard InChI is InChI=1S/C13H21N3S/c1-8(2)14-7-12-15-16-13(17-12)11-6-9-3-4-10(11)5-9/h8-11,14H,3-7H2,1-2H3. The first-order valence-electron chi connectivity index (χ1n) is 6.78. The summed E-state index contributed by atoms with van der Waals surface area (Å²) in [4.78, 5) is 0. The first kappa shape index (κ1) is 11.6. The normalized spacial score (nSPS) is 31.6. The lowest BCUT2D eigenvalue weighted by molar-refractivity contribution is 0.417. The van der Waals surface area contributed by atoms with E-state index in [2.05, 4.69) is 29.4 Å². The molecule has 0 amide bonds. The molecule has 2 aliphatic rings. The molecule has 1 N–H and O–H groups in total. The molecule has 2 aliphatic carbocycles. The van der Waals surface area contributed by atoms with Gasteiger partial charge in [0.2, 0.25) is 0 Å². The molecule has 3 unspecified atom stereocenters. The third kappa shape index (κ3) is 2.38. The Morgan fingerprint density at radius 2 is 2.18 bits per heavy atom. The van der Waals surface area contributed by atoms with Crippen molar-refractivity contribution >= 4 is 11.3 Å². The Bertz CT molecular complexity index is 388. The van der Waals surface area contributed by atoms with Crippen molar-refractivity contribution in [3.05, 3.63) is 10.0 Å². The highest BCUT2D eigenvalue weighted by Gasteiger charge is 2.41. The molecule has 1 aromatic rings. The Hall–Kier alpha value is -0.480. The summed E-state index contributed by atoms with van der Waals surface area (Å²) < 4.78 is 0. The van der Waals surface area contributed by atoms with Gasteiger partial charge in [-0.25, -0.2) is 0 Å². The zero-order chi connectivity index (χ0) is 11.8. The summed E-state index contributed by atoms with van der Waals surface area (Å²) in [7, 11) is 0. The van der Waals surface area contributed by atoms with Crippen LogP contribution in [0.25, 0.3) is 0 Å². The van der Waals surface area contributed by atoms with Crippen molar-refractivity contribution in [3.63, 3.8) is 0 Å². The quantitative estimate of drug-likeness (QED) is 0.894. The van der Waals surface area contributed by atoms with Crippen LogP contribution < -0.4 is 5.32 Å². The molecule has 1 heterocycles. The fourth-order valence-corrected chi connectivity index (χ4v) is 4.33. The zero-order valence-corrected chi connectivity index (χ0v) is 11.5. The van der Waals surface area contributed by atoms with Gasteiger partial charge in [-0.15, -0.1) is 10.2 Å². The van der Waals surface area contributed by atoms with Gasteiger partial charge in [-0.05, 0) is 31.1 Å². The van der Waals surface area contributed by atoms with E-state index in [4.69, 9.17) is 0 Å². The third-order valence-corrected chi connectivity index (χ3v) is 5.25. The Balaban J connectivity index is 1.64. The maximum Gasteiger partial charge on any atom is 0.131 e. The number of nitrogens with one attached hydrogen (secondary N) is 1. The molecule has 0 aromatic carbocycles. The average Bonchev–Trinajstić information content (AvgIpc) is 3.01. The minimum atomic E-state index is 0.518. The molecule has 0 aliphatic heterocycles. The van der Waals surface area contributed by atoms with Crippen LogP contribution in [0.1, 0.15) is 55.5 Å². The fourth-order valence-electron chi connectivity index (χ4n) is 3.33. The number of hydrogen-bond donors (Lipinski definition) is 1. The molecule has 4 heteroatoms. The predicted octanol–water partition coefficient (Wildman–Crippen LogP) is 2.94. The Morgan fingerprint density at radius 1 is 1.29 bits per heavy atom. The summed E-state index contributed by atoms with van der Waals surface area (Å²) in [6, 6.07) is 0.518. The van der Waals surface area contributed by atoms with Crippen LogP contribution in [-0.2, 0) is 6.54 Å². The van der Waals surface area contributed by atoms with E-state index in [0.717, 1.165) is 29.3 Å². The van der Waals surface area contributed by atoms with E-state index in [9.17, 15) is 0 Å². The molecule has 0 saturated heterocycles. The van der Waals surface area contributed by atoms with Crippen molar-refractivity contribution < 1.29 is 0 Å². The molecule has 17 heavy (non-hydrogen) atoms. The third-order valence-electron chi connectivity index (χ3n) is 4.20. The topological polar surface area (TPSA) is 37.8 Å². The molecule has 3 nitrogen and oxygen atoms in total. The highest BCUT2D eigenvalue weighted by atomic mass is 32.1. The second kappa shape index (κ2) is 4.65. The lowest BCUT2D eigenvalue weighted by Crippen LogP contribution is -2.21. The van der Waals surface area contributed by atoms with Crippen LogP contribution in [0.2, 0.25) is 0 Å². The van der Waals surface area contributed by atoms with Gasteiger partial charge in [-0.2, -0.15) is 0 Å². The van der Waals surface area contributed by atoms with Gasteiger partial charge >= 0.3 is 0 Å². The fraction of sp³-hybridized carbons (Fsp3) is 0.846. The van der Waals surface area contributed by atoms with Gasteiger partial charge < -0.3 is 5.32 Å². The van der Waals surface area contributed by atoms with Gasteiger partial charge in [0.25, 0.3) is 0 Å². The minimum absolute atomic E-state index is 0.518. The maximum absolute atomic E-state index is 4.42. The Kier molecular flexibility index (Phi) is 3.17. The van der Waals surface area contributed by atoms with E-state index in [1.165, 1.54) is 30.7 Å². The second-order valence-electron chi connectivity index (χ2n) is 5.85. The van der Waals surface area contributed by atoms with Gasteiger partial charge in [-0.1, -0.05) is 31.6 Å². The van der Waals surface area contributed by atoms with Crippen molar-refractivity contribution in [1.29, 1.82) is 0 Å². The number of rotatable bonds is 4. The molecule has 2 fully saturated rings. The molecule has 2 saturated carbocycles. The lowest BCUT2D eigenvalue weighted by atomic mass is 9.89. The number of aromatic nitrogens is 2. The Morgan fingerprint density at radius 3 is 2.82 bits per heavy atom. The van der Waals surface area contributed by atoms with Crippen molar-refractivity contribution in [2.75, 3.05) is 0 Å². The van der Waals surface area contributed by atoms with E-state index in [0.29, 0.717) is 6.04 Å². The summed E-state index contributed by atoms with van der Waals surface area (Å²) in [5.41, 5.74) is 0. The monoisotopic (exact) mass is 251 g/mol. The molecular weight excluding hydrogens is 230 g/mol. The van der Waals surface area contributed by atoms with E-state index >= 15 is 0 Å². The van der Waals surface area contributed by atoms with Crippen molar-refractivity contribution in [2.45, 2.75) is 58.0 Å². The molecule has 0 radical (unpaired) electrons. The molecule has 1 aromatic heterocycles. The Labute approximate surface area is 107 Å². The van der Waals surface area contributed by atoms with E-state index in [1.807, 2.05) is 11.3 Å². The van der Waals surface area contributed by atoms with Crippen molar-refractivity contribution in [2.24, 2.45) is 11.8 Å². The predicted molar refractivity (Wildman–Crippen MR) is 70.1 cm³/mol. The van der Waals surface area contributed by atoms with Crippen LogP contribution in [0.4, 0.5) is 0 Å². The van der Waals surface area contributed by atoms with Gasteiger partial charge in [0.15, 0.2) is 0 Å². The van der Waals surface area contributed by atoms with Gasteiger partial charge in [0.1, 0.15) is 10.0 Å². The summed E-state index contributed by atoms with van der Waals surface area (Å²) in [5, 5.41) is 14.6. The summed E-state index contributed by atoms with van der Waals surface area (Å²) in [5.74, 6) is 2.64. The zero-order valence-electron chi connectivity index (χ0n) is 10.6. The number of nitrogens with zero attached hydrogens (tertiary/aromatic N) is 2. The number of fused-ring (bicyclic) bond motifs is 2. The first-order chi connectivity index (χ1) is 8.22. The molecule has 94 valence electrons. The molecule has 3 atom stereocenters. The molecular formula is C13H21N3S. The van der Waals surface area contributed by atoms with Crippen LogP contribution in [0.3, 0.4) is 0 Å². The molecule has 0 spiro atoms. The summed E-state index contributed by atoms with van der Waals surface area (Å²) >= 11 is 1.83. The summed E-state index contributed by atoms with van der Waals surface area (Å²) in [6.07, 6.45) is 5.71. The van der Waals surface area contributed by atoms with Crippen LogP contribution in [0, 0.1) is 11.8 Å². The van der Waals surface area contributed by atoms with Crippen LogP contribution in [0.5, 0.6) is 0 Å². The second-order valence-corrected chi connectivity index (χ2v) is 6.94. The largest absolute Gasteiger partial charge is 0.308 e. The average molecular weight is 251 g/mol. The molecule has 3 rings (SSSR count). The van der Waals surface area contributed by atoms with Gasteiger partial charge in [-0.3, -0.25) is 0 Å². The highest BCUT2D eigenvalue weighted by molar-refractivity contribution is 7.11.